The zero-order chi connectivity index (χ0) is 33.3. The number of nitrogens with zero attached hydrogens (tertiary/aromatic N) is 3. The van der Waals surface area contributed by atoms with Gasteiger partial charge in [-0.05, 0) is 106 Å². The number of nitro benzene ring substituents is 1. The van der Waals surface area contributed by atoms with Crippen LogP contribution in [-0.4, -0.2) is 28.2 Å². The molecule has 2 heterocycles. The van der Waals surface area contributed by atoms with E-state index in [0.29, 0.717) is 25.5 Å². The molecule has 0 unspecified atom stereocenters. The van der Waals surface area contributed by atoms with Crippen molar-refractivity contribution in [3.05, 3.63) is 131 Å². The highest BCUT2D eigenvalue weighted by molar-refractivity contribution is 14.1. The Morgan fingerprint density at radius 1 is 1.15 bits per heavy atom. The van der Waals surface area contributed by atoms with E-state index in [2.05, 4.69) is 50.2 Å². The van der Waals surface area contributed by atoms with Crippen molar-refractivity contribution in [3.8, 4) is 5.75 Å². The van der Waals surface area contributed by atoms with Crippen molar-refractivity contribution in [1.82, 2.24) is 4.57 Å². The van der Waals surface area contributed by atoms with E-state index in [9.17, 15) is 32.9 Å². The van der Waals surface area contributed by atoms with Gasteiger partial charge in [0.25, 0.3) is 11.2 Å². The predicted molar refractivity (Wildman–Crippen MR) is 182 cm³/mol. The molecule has 5 rings (SSSR count). The Balaban J connectivity index is 1.67. The molecule has 0 saturated heterocycles. The topological polar surface area (TPSA) is 113 Å². The zero-order valence-electron chi connectivity index (χ0n) is 23.3. The number of hydrogen-bond donors (Lipinski definition) is 0. The van der Waals surface area contributed by atoms with Crippen LogP contribution in [-0.2, 0) is 16.1 Å². The molecule has 238 valence electrons. The molecule has 16 heteroatoms. The number of allylic oxidation sites excluding steroid dienone is 1. The molecule has 1 aliphatic heterocycles. The van der Waals surface area contributed by atoms with E-state index in [-0.39, 0.29) is 33.8 Å². The first-order chi connectivity index (χ1) is 21.8. The molecule has 0 saturated carbocycles. The smallest absolute Gasteiger partial charge is 0.434 e. The van der Waals surface area contributed by atoms with Crippen LogP contribution >= 0.6 is 68.1 Å². The lowest BCUT2D eigenvalue weighted by molar-refractivity contribution is -0.384. The Kier molecular flexibility index (Phi) is 10.2. The Labute approximate surface area is 294 Å². The monoisotopic (exact) mass is 895 g/mol. The molecule has 0 fully saturated rings. The van der Waals surface area contributed by atoms with Crippen LogP contribution in [0.15, 0.2) is 81.7 Å². The minimum atomic E-state index is -5.04. The Bertz CT molecular complexity index is 2060. The summed E-state index contributed by atoms with van der Waals surface area (Å²) in [5.41, 5.74) is -1.69. The lowest BCUT2D eigenvalue weighted by atomic mass is 9.95. The SMILES string of the molecule is CCOC(=O)C1=C(C(F)(F)F)N=c2s/c(=C\c3cc(I)cc(I)c3OCc3ccc([N+](=O)[O-])cc3)c(=O)n2[C@H]1c1ccc(Cl)cc1. The molecule has 46 heavy (non-hydrogen) atoms. The quantitative estimate of drug-likeness (QED) is 0.0844. The highest BCUT2D eigenvalue weighted by atomic mass is 127. The first kappa shape index (κ1) is 34.1. The second kappa shape index (κ2) is 13.8. The van der Waals surface area contributed by atoms with Crippen molar-refractivity contribution in [2.75, 3.05) is 6.61 Å². The van der Waals surface area contributed by atoms with E-state index < -0.39 is 39.9 Å². The number of thiazole rings is 1. The summed E-state index contributed by atoms with van der Waals surface area (Å²) in [6.45, 7) is 1.31. The van der Waals surface area contributed by atoms with Gasteiger partial charge in [0.1, 0.15) is 12.4 Å². The molecule has 1 aromatic heterocycles. The Hall–Kier alpha value is -3.29. The summed E-state index contributed by atoms with van der Waals surface area (Å²) in [5.74, 6) is -0.857. The van der Waals surface area contributed by atoms with E-state index in [1.54, 1.807) is 18.2 Å². The van der Waals surface area contributed by atoms with Crippen molar-refractivity contribution in [2.24, 2.45) is 4.99 Å². The molecule has 1 atom stereocenters. The van der Waals surface area contributed by atoms with Crippen LogP contribution in [0, 0.1) is 17.3 Å². The summed E-state index contributed by atoms with van der Waals surface area (Å²) in [6.07, 6.45) is -3.54. The first-order valence-corrected chi connectivity index (χ1v) is 16.5. The summed E-state index contributed by atoms with van der Waals surface area (Å²) in [5, 5.41) is 11.3. The van der Waals surface area contributed by atoms with Gasteiger partial charge in [-0.25, -0.2) is 9.79 Å². The number of hydrogen-bond acceptors (Lipinski definition) is 8. The van der Waals surface area contributed by atoms with Gasteiger partial charge in [-0.2, -0.15) is 13.2 Å². The number of esters is 1. The minimum absolute atomic E-state index is 0.0438. The van der Waals surface area contributed by atoms with Crippen molar-refractivity contribution >= 4 is 85.9 Å². The van der Waals surface area contributed by atoms with Crippen molar-refractivity contribution in [1.29, 1.82) is 0 Å². The molecule has 4 aromatic rings. The number of carbonyl (C=O) groups is 1. The molecule has 1 aliphatic rings. The molecule has 0 N–H and O–H groups in total. The largest absolute Gasteiger partial charge is 0.487 e. The third-order valence-electron chi connectivity index (χ3n) is 6.63. The van der Waals surface area contributed by atoms with Gasteiger partial charge in [0.15, 0.2) is 10.5 Å². The van der Waals surface area contributed by atoms with Crippen LogP contribution in [0.25, 0.3) is 6.08 Å². The number of carbonyl (C=O) groups excluding carboxylic acids is 1. The summed E-state index contributed by atoms with van der Waals surface area (Å²) in [7, 11) is 0. The maximum absolute atomic E-state index is 14.4. The first-order valence-electron chi connectivity index (χ1n) is 13.2. The summed E-state index contributed by atoms with van der Waals surface area (Å²) < 4.78 is 56.9. The maximum Gasteiger partial charge on any atom is 0.434 e. The van der Waals surface area contributed by atoms with Crippen LogP contribution in [0.5, 0.6) is 5.75 Å². The van der Waals surface area contributed by atoms with Crippen LogP contribution < -0.4 is 19.6 Å². The van der Waals surface area contributed by atoms with Gasteiger partial charge in [-0.1, -0.05) is 35.1 Å². The normalized spacial score (nSPS) is 14.9. The number of benzene rings is 3. The highest BCUT2D eigenvalue weighted by Gasteiger charge is 2.45. The Morgan fingerprint density at radius 2 is 1.83 bits per heavy atom. The van der Waals surface area contributed by atoms with E-state index in [0.717, 1.165) is 19.5 Å². The fraction of sp³-hybridized carbons (Fsp3) is 0.167. The summed E-state index contributed by atoms with van der Waals surface area (Å²) in [6, 6.07) is 13.7. The summed E-state index contributed by atoms with van der Waals surface area (Å²) in [4.78, 5) is 41.1. The molecular weight excluding hydrogens is 877 g/mol. The van der Waals surface area contributed by atoms with Crippen LogP contribution in [0.4, 0.5) is 18.9 Å². The molecule has 3 aromatic carbocycles. The molecule has 0 radical (unpaired) electrons. The number of alkyl halides is 3. The molecular formula is C30H19ClF3I2N3O6S. The third kappa shape index (κ3) is 7.16. The third-order valence-corrected chi connectivity index (χ3v) is 9.29. The fourth-order valence-corrected chi connectivity index (χ4v) is 7.81. The van der Waals surface area contributed by atoms with Crippen molar-refractivity contribution in [2.45, 2.75) is 25.7 Å². The fourth-order valence-electron chi connectivity index (χ4n) is 4.65. The van der Waals surface area contributed by atoms with Crippen LogP contribution in [0.2, 0.25) is 5.02 Å². The van der Waals surface area contributed by atoms with Crippen molar-refractivity contribution < 1.29 is 32.4 Å². The molecule has 9 nitrogen and oxygen atoms in total. The van der Waals surface area contributed by atoms with Gasteiger partial charge in [0.05, 0.1) is 31.2 Å². The van der Waals surface area contributed by atoms with Gasteiger partial charge in [0.2, 0.25) is 0 Å². The average molecular weight is 896 g/mol. The second-order valence-corrected chi connectivity index (χ2v) is 13.5. The maximum atomic E-state index is 14.4. The highest BCUT2D eigenvalue weighted by Crippen LogP contribution is 2.38. The van der Waals surface area contributed by atoms with E-state index >= 15 is 0 Å². The van der Waals surface area contributed by atoms with Crippen LogP contribution in [0.1, 0.15) is 29.7 Å². The number of halogens is 6. The van der Waals surface area contributed by atoms with E-state index in [4.69, 9.17) is 21.1 Å². The number of non-ortho nitro benzene ring substituents is 1. The lowest BCUT2D eigenvalue weighted by Crippen LogP contribution is -2.41. The van der Waals surface area contributed by atoms with Gasteiger partial charge >= 0.3 is 12.1 Å². The molecule has 0 aliphatic carbocycles. The van der Waals surface area contributed by atoms with Crippen LogP contribution in [0.3, 0.4) is 0 Å². The predicted octanol–water partition coefficient (Wildman–Crippen LogP) is 6.69. The van der Waals surface area contributed by atoms with Gasteiger partial charge in [0, 0.05) is 26.3 Å². The number of rotatable bonds is 8. The molecule has 0 amide bonds. The lowest BCUT2D eigenvalue weighted by Gasteiger charge is -2.26. The average Bonchev–Trinajstić information content (AvgIpc) is 3.30. The van der Waals surface area contributed by atoms with Gasteiger partial charge in [-0.15, -0.1) is 0 Å². The zero-order valence-corrected chi connectivity index (χ0v) is 29.2. The second-order valence-electron chi connectivity index (χ2n) is 9.63. The van der Waals surface area contributed by atoms with Gasteiger partial charge in [-0.3, -0.25) is 19.5 Å². The van der Waals surface area contributed by atoms with Crippen molar-refractivity contribution in [3.63, 3.8) is 0 Å². The molecule has 0 spiro atoms. The Morgan fingerprint density at radius 3 is 2.43 bits per heavy atom. The number of nitro groups is 1. The minimum Gasteiger partial charge on any atom is -0.487 e. The summed E-state index contributed by atoms with van der Waals surface area (Å²) >= 11 is 10.9. The van der Waals surface area contributed by atoms with E-state index in [1.165, 1.54) is 49.4 Å². The molecule has 0 bridgehead atoms. The standard InChI is InChI=1S/C30H19ClF3I2N3O6S/c1-2-44-28(41)23-24(16-5-7-18(31)8-6-16)38-27(40)22(46-29(38)37-26(23)30(32,33)34)12-17-11-19(35)13-21(36)25(17)45-14-15-3-9-20(10-4-15)39(42)43/h3-13,24H,2,14H2,1H3/b22-12-/t24-/m0/s1. The van der Waals surface area contributed by atoms with E-state index in [1.807, 2.05) is 6.07 Å². The number of aromatic nitrogens is 1. The van der Waals surface area contributed by atoms with Gasteiger partial charge < -0.3 is 9.47 Å². The number of ether oxygens (including phenoxy) is 2. The number of fused-ring (bicyclic) bond motifs is 1.